The first kappa shape index (κ1) is 19.1. The molecule has 5 nitrogen and oxygen atoms in total. The van der Waals surface area contributed by atoms with Crippen LogP contribution >= 0.6 is 34.5 Å². The number of nitrogens with zero attached hydrogens (tertiary/aromatic N) is 2. The van der Waals surface area contributed by atoms with Gasteiger partial charge in [-0.05, 0) is 30.4 Å². The van der Waals surface area contributed by atoms with E-state index in [9.17, 15) is 5.26 Å². The van der Waals surface area contributed by atoms with Crippen LogP contribution in [0.2, 0.25) is 0 Å². The normalized spacial score (nSPS) is 21.7. The van der Waals surface area contributed by atoms with Crippen molar-refractivity contribution in [2.45, 2.75) is 30.6 Å². The molecule has 1 saturated heterocycles. The zero-order chi connectivity index (χ0) is 18.7. The monoisotopic (exact) mass is 408 g/mol. The molecule has 2 heterocycles. The van der Waals surface area contributed by atoms with Crippen LogP contribution in [-0.4, -0.2) is 30.8 Å². The van der Waals surface area contributed by atoms with Crippen LogP contribution < -0.4 is 5.73 Å². The van der Waals surface area contributed by atoms with Gasteiger partial charge in [-0.1, -0.05) is 17.7 Å². The van der Waals surface area contributed by atoms with E-state index in [0.29, 0.717) is 35.1 Å². The highest BCUT2D eigenvalue weighted by molar-refractivity contribution is 7.14. The summed E-state index contributed by atoms with van der Waals surface area (Å²) in [5.41, 5.74) is 8.26. The van der Waals surface area contributed by atoms with Crippen LogP contribution in [0.25, 0.3) is 5.57 Å². The molecule has 0 aromatic carbocycles. The molecule has 1 aromatic heterocycles. The van der Waals surface area contributed by atoms with E-state index in [1.807, 2.05) is 6.08 Å². The largest absolute Gasteiger partial charge is 0.382 e. The first-order valence-corrected chi connectivity index (χ1v) is 9.87. The first-order chi connectivity index (χ1) is 12.6. The number of nitrogens with one attached hydrogen (secondary N) is 1. The fourth-order valence-corrected chi connectivity index (χ4v) is 5.26. The number of nitrogens with two attached hydrogens (primary N) is 1. The van der Waals surface area contributed by atoms with Crippen molar-refractivity contribution >= 4 is 52.3 Å². The Balaban J connectivity index is 2.20. The summed E-state index contributed by atoms with van der Waals surface area (Å²) in [6.45, 7) is 1.36. The highest BCUT2D eigenvalue weighted by Crippen LogP contribution is 2.44. The van der Waals surface area contributed by atoms with E-state index in [1.54, 1.807) is 6.08 Å². The lowest BCUT2D eigenvalue weighted by Gasteiger charge is -2.22. The Labute approximate surface area is 166 Å². The number of halogens is 2. The standard InChI is InChI=1S/C18H18Cl2N4OS/c19-11-1-2-12(14(20)7-11)15-13(8-21)16(10-3-5-25-6-4-10)26-17(15)18(23)24-9-22/h1-2,9-10,14H,3-7H2,(H3,22,23,24). The van der Waals surface area contributed by atoms with Gasteiger partial charge in [-0.25, -0.2) is 4.99 Å². The van der Waals surface area contributed by atoms with Crippen molar-refractivity contribution < 1.29 is 4.74 Å². The van der Waals surface area contributed by atoms with Gasteiger partial charge in [-0.15, -0.1) is 22.9 Å². The molecule has 0 amide bonds. The Morgan fingerprint density at radius 2 is 2.15 bits per heavy atom. The van der Waals surface area contributed by atoms with E-state index in [2.05, 4.69) is 11.1 Å². The number of hydrogen-bond acceptors (Lipinski definition) is 4. The molecular formula is C18H18Cl2N4OS. The number of allylic oxidation sites excluding steroid dienone is 4. The van der Waals surface area contributed by atoms with Gasteiger partial charge in [0.2, 0.25) is 0 Å². The van der Waals surface area contributed by atoms with Gasteiger partial charge >= 0.3 is 0 Å². The molecule has 2 aliphatic rings. The zero-order valence-corrected chi connectivity index (χ0v) is 16.3. The third kappa shape index (κ3) is 3.72. The molecule has 1 aliphatic carbocycles. The van der Waals surface area contributed by atoms with Crippen LogP contribution in [-0.2, 0) is 4.74 Å². The lowest BCUT2D eigenvalue weighted by molar-refractivity contribution is 0.0859. The van der Waals surface area contributed by atoms with E-state index in [1.165, 1.54) is 11.3 Å². The highest BCUT2D eigenvalue weighted by Gasteiger charge is 2.31. The van der Waals surface area contributed by atoms with E-state index in [0.717, 1.165) is 35.2 Å². The predicted molar refractivity (Wildman–Crippen MR) is 108 cm³/mol. The minimum absolute atomic E-state index is 0.222. The molecule has 1 aliphatic heterocycles. The third-order valence-electron chi connectivity index (χ3n) is 4.52. The maximum Gasteiger partial charge on any atom is 0.143 e. The lowest BCUT2D eigenvalue weighted by atomic mass is 9.89. The molecule has 1 aromatic rings. The van der Waals surface area contributed by atoms with Crippen molar-refractivity contribution in [3.05, 3.63) is 38.1 Å². The molecule has 8 heteroatoms. The lowest BCUT2D eigenvalue weighted by Crippen LogP contribution is -2.16. The number of ether oxygens (including phenoxy) is 1. The average Bonchev–Trinajstić information content (AvgIpc) is 3.02. The Hall–Kier alpha value is -1.65. The quantitative estimate of drug-likeness (QED) is 0.440. The highest BCUT2D eigenvalue weighted by atomic mass is 35.5. The van der Waals surface area contributed by atoms with Crippen LogP contribution in [0.4, 0.5) is 0 Å². The van der Waals surface area contributed by atoms with Gasteiger partial charge in [0.1, 0.15) is 18.2 Å². The van der Waals surface area contributed by atoms with Crippen molar-refractivity contribution in [1.82, 2.24) is 0 Å². The van der Waals surface area contributed by atoms with Crippen LogP contribution in [0, 0.1) is 16.7 Å². The van der Waals surface area contributed by atoms with E-state index in [-0.39, 0.29) is 17.1 Å². The van der Waals surface area contributed by atoms with Gasteiger partial charge < -0.3 is 10.5 Å². The zero-order valence-electron chi connectivity index (χ0n) is 14.0. The fourth-order valence-electron chi connectivity index (χ4n) is 3.26. The molecule has 3 rings (SSSR count). The van der Waals surface area contributed by atoms with Crippen molar-refractivity contribution in [2.24, 2.45) is 10.7 Å². The third-order valence-corrected chi connectivity index (χ3v) is 6.56. The van der Waals surface area contributed by atoms with Gasteiger partial charge in [0.15, 0.2) is 0 Å². The molecule has 0 saturated carbocycles. The number of aliphatic imine (C=N–C) groups is 1. The van der Waals surface area contributed by atoms with E-state index >= 15 is 0 Å². The molecule has 1 fully saturated rings. The van der Waals surface area contributed by atoms with Crippen LogP contribution in [0.15, 0.2) is 22.2 Å². The summed E-state index contributed by atoms with van der Waals surface area (Å²) in [4.78, 5) is 5.61. The summed E-state index contributed by atoms with van der Waals surface area (Å²) in [6.07, 6.45) is 6.79. The summed E-state index contributed by atoms with van der Waals surface area (Å²) in [5, 5.41) is 17.5. The second-order valence-corrected chi connectivity index (χ2v) is 8.16. The molecule has 1 unspecified atom stereocenters. The number of alkyl halides is 1. The number of nitriles is 1. The van der Waals surface area contributed by atoms with Crippen LogP contribution in [0.1, 0.15) is 46.1 Å². The van der Waals surface area contributed by atoms with Gasteiger partial charge in [0.25, 0.3) is 0 Å². The first-order valence-electron chi connectivity index (χ1n) is 8.24. The second-order valence-electron chi connectivity index (χ2n) is 6.09. The Morgan fingerprint density at radius 1 is 1.42 bits per heavy atom. The minimum Gasteiger partial charge on any atom is -0.382 e. The topological polar surface area (TPSA) is 95.2 Å². The van der Waals surface area contributed by atoms with E-state index < -0.39 is 0 Å². The predicted octanol–water partition coefficient (Wildman–Crippen LogP) is 4.34. The molecule has 1 atom stereocenters. The summed E-state index contributed by atoms with van der Waals surface area (Å²) in [7, 11) is 0. The number of hydrogen-bond donors (Lipinski definition) is 2. The van der Waals surface area contributed by atoms with Gasteiger partial charge in [-0.2, -0.15) is 5.26 Å². The SMILES string of the molecule is N#Cc1c(C2CCOCC2)sc(C(N)=NC=N)c1C1=CC=C(Cl)CC1Cl. The molecule has 0 spiro atoms. The molecule has 0 radical (unpaired) electrons. The number of thiophene rings is 1. The Kier molecular flexibility index (Phi) is 6.15. The van der Waals surface area contributed by atoms with Crippen molar-refractivity contribution in [3.63, 3.8) is 0 Å². The van der Waals surface area contributed by atoms with Gasteiger partial charge in [0, 0.05) is 35.1 Å². The smallest absolute Gasteiger partial charge is 0.143 e. The summed E-state index contributed by atoms with van der Waals surface area (Å²) >= 11 is 14.1. The molecule has 26 heavy (non-hydrogen) atoms. The summed E-state index contributed by atoms with van der Waals surface area (Å²) in [5.74, 6) is 0.473. The maximum absolute atomic E-state index is 9.91. The second kappa shape index (κ2) is 8.36. The van der Waals surface area contributed by atoms with Crippen molar-refractivity contribution in [2.75, 3.05) is 13.2 Å². The molecular weight excluding hydrogens is 391 g/mol. The number of rotatable bonds is 4. The van der Waals surface area contributed by atoms with Crippen LogP contribution in [0.3, 0.4) is 0 Å². The summed E-state index contributed by atoms with van der Waals surface area (Å²) < 4.78 is 5.45. The van der Waals surface area contributed by atoms with Gasteiger partial charge in [-0.3, -0.25) is 5.41 Å². The molecule has 0 bridgehead atoms. The number of amidine groups is 1. The van der Waals surface area contributed by atoms with Crippen molar-refractivity contribution in [3.8, 4) is 6.07 Å². The Morgan fingerprint density at radius 3 is 2.77 bits per heavy atom. The average molecular weight is 409 g/mol. The molecule has 3 N–H and O–H groups in total. The minimum atomic E-state index is -0.344. The Bertz CT molecular complexity index is 844. The fraction of sp³-hybridized carbons (Fsp3) is 0.389. The summed E-state index contributed by atoms with van der Waals surface area (Å²) in [6, 6.07) is 2.36. The van der Waals surface area contributed by atoms with E-state index in [4.69, 9.17) is 39.1 Å². The van der Waals surface area contributed by atoms with Gasteiger partial charge in [0.05, 0.1) is 15.8 Å². The van der Waals surface area contributed by atoms with Crippen molar-refractivity contribution in [1.29, 1.82) is 10.7 Å². The van der Waals surface area contributed by atoms with Crippen LogP contribution in [0.5, 0.6) is 0 Å². The molecule has 136 valence electrons. The maximum atomic E-state index is 9.91.